The van der Waals surface area contributed by atoms with E-state index >= 15 is 0 Å². The number of imidazole rings is 1. The minimum absolute atomic E-state index is 0.500. The van der Waals surface area contributed by atoms with Crippen molar-refractivity contribution in [1.82, 2.24) is 9.38 Å². The first-order valence-corrected chi connectivity index (χ1v) is 6.73. The Morgan fingerprint density at radius 2 is 2.35 bits per heavy atom. The van der Waals surface area contributed by atoms with Gasteiger partial charge in [0.15, 0.2) is 0 Å². The first-order valence-electron chi connectivity index (χ1n) is 6.73. The maximum atomic E-state index is 8.92. The highest BCUT2D eigenvalue weighted by atomic mass is 16.4. The molecule has 2 heterocycles. The third-order valence-electron chi connectivity index (χ3n) is 3.58. The van der Waals surface area contributed by atoms with Crippen molar-refractivity contribution in [3.05, 3.63) is 53.5 Å². The van der Waals surface area contributed by atoms with Gasteiger partial charge in [-0.05, 0) is 42.5 Å². The molecular formula is C16H17N3O. The molecule has 102 valence electrons. The molecule has 0 radical (unpaired) electrons. The average molecular weight is 267 g/mol. The molecule has 0 saturated heterocycles. The minimum Gasteiger partial charge on any atom is -0.411 e. The van der Waals surface area contributed by atoms with E-state index in [2.05, 4.69) is 30.3 Å². The van der Waals surface area contributed by atoms with Crippen LogP contribution in [0.2, 0.25) is 0 Å². The van der Waals surface area contributed by atoms with E-state index in [9.17, 15) is 0 Å². The fraction of sp³-hybridized carbons (Fsp3) is 0.250. The van der Waals surface area contributed by atoms with Gasteiger partial charge in [0.2, 0.25) is 0 Å². The second-order valence-electron chi connectivity index (χ2n) is 5.28. The van der Waals surface area contributed by atoms with Gasteiger partial charge in [-0.2, -0.15) is 0 Å². The predicted molar refractivity (Wildman–Crippen MR) is 80.2 cm³/mol. The van der Waals surface area contributed by atoms with Gasteiger partial charge in [-0.3, -0.25) is 4.40 Å². The van der Waals surface area contributed by atoms with Crippen molar-refractivity contribution in [2.45, 2.75) is 20.3 Å². The Balaban J connectivity index is 2.21. The van der Waals surface area contributed by atoms with Crippen LogP contribution in [-0.4, -0.2) is 20.8 Å². The molecule has 0 bridgehead atoms. The van der Waals surface area contributed by atoms with Crippen molar-refractivity contribution in [2.24, 2.45) is 11.1 Å². The van der Waals surface area contributed by atoms with Gasteiger partial charge in [-0.15, -0.1) is 0 Å². The van der Waals surface area contributed by atoms with Gasteiger partial charge in [0.1, 0.15) is 5.65 Å². The number of allylic oxidation sites excluding steroid dienone is 4. The number of hydrogen-bond acceptors (Lipinski definition) is 3. The van der Waals surface area contributed by atoms with Gasteiger partial charge in [0, 0.05) is 6.20 Å². The lowest BCUT2D eigenvalue weighted by atomic mass is 9.93. The third-order valence-corrected chi connectivity index (χ3v) is 3.58. The van der Waals surface area contributed by atoms with Crippen LogP contribution < -0.4 is 0 Å². The molecule has 2 aromatic heterocycles. The Hall–Kier alpha value is -2.36. The summed E-state index contributed by atoms with van der Waals surface area (Å²) in [5, 5.41) is 12.1. The van der Waals surface area contributed by atoms with Gasteiger partial charge in [-0.25, -0.2) is 4.98 Å². The Bertz CT molecular complexity index is 738. The summed E-state index contributed by atoms with van der Waals surface area (Å²) in [5.41, 5.74) is 4.92. The molecule has 0 spiro atoms. The van der Waals surface area contributed by atoms with Gasteiger partial charge >= 0.3 is 0 Å². The lowest BCUT2D eigenvalue weighted by molar-refractivity contribution is 0.321. The first kappa shape index (κ1) is 12.7. The van der Waals surface area contributed by atoms with Crippen LogP contribution in [0.15, 0.2) is 41.7 Å². The second-order valence-corrected chi connectivity index (χ2v) is 5.28. The van der Waals surface area contributed by atoms with Crippen LogP contribution in [0.4, 0.5) is 0 Å². The van der Waals surface area contributed by atoms with E-state index in [1.807, 2.05) is 29.7 Å². The molecule has 1 atom stereocenters. The highest BCUT2D eigenvalue weighted by Crippen LogP contribution is 2.29. The molecule has 2 aromatic rings. The monoisotopic (exact) mass is 267 g/mol. The van der Waals surface area contributed by atoms with E-state index < -0.39 is 0 Å². The van der Waals surface area contributed by atoms with Gasteiger partial charge in [0.05, 0.1) is 17.6 Å². The molecule has 0 aliphatic heterocycles. The lowest BCUT2D eigenvalue weighted by Gasteiger charge is -2.13. The quantitative estimate of drug-likeness (QED) is 0.515. The van der Waals surface area contributed by atoms with Crippen molar-refractivity contribution in [3.63, 3.8) is 0 Å². The number of fused-ring (bicyclic) bond motifs is 1. The van der Waals surface area contributed by atoms with E-state index in [4.69, 9.17) is 10.2 Å². The Labute approximate surface area is 117 Å². The fourth-order valence-electron chi connectivity index (χ4n) is 2.60. The van der Waals surface area contributed by atoms with Crippen molar-refractivity contribution in [1.29, 1.82) is 0 Å². The summed E-state index contributed by atoms with van der Waals surface area (Å²) in [7, 11) is 0. The highest BCUT2D eigenvalue weighted by molar-refractivity contribution is 5.87. The zero-order valence-corrected chi connectivity index (χ0v) is 11.6. The zero-order chi connectivity index (χ0) is 14.1. The van der Waals surface area contributed by atoms with E-state index in [1.54, 1.807) is 0 Å². The normalized spacial score (nSPS) is 18.9. The number of pyridine rings is 1. The smallest absolute Gasteiger partial charge is 0.138 e. The molecule has 4 heteroatoms. The predicted octanol–water partition coefficient (Wildman–Crippen LogP) is 3.43. The van der Waals surface area contributed by atoms with Crippen molar-refractivity contribution in [3.8, 4) is 0 Å². The Morgan fingerprint density at radius 1 is 1.50 bits per heavy atom. The van der Waals surface area contributed by atoms with Crippen LogP contribution in [-0.2, 0) is 0 Å². The summed E-state index contributed by atoms with van der Waals surface area (Å²) in [4.78, 5) is 4.71. The molecular weight excluding hydrogens is 250 g/mol. The van der Waals surface area contributed by atoms with Crippen molar-refractivity contribution in [2.75, 3.05) is 0 Å². The molecule has 3 rings (SSSR count). The molecule has 0 aromatic carbocycles. The molecule has 1 aliphatic carbocycles. The highest BCUT2D eigenvalue weighted by Gasteiger charge is 2.17. The van der Waals surface area contributed by atoms with Crippen molar-refractivity contribution >= 4 is 17.4 Å². The van der Waals surface area contributed by atoms with Crippen LogP contribution in [0.3, 0.4) is 0 Å². The first-order chi connectivity index (χ1) is 9.69. The molecule has 0 amide bonds. The third kappa shape index (κ3) is 2.13. The molecule has 4 nitrogen and oxygen atoms in total. The summed E-state index contributed by atoms with van der Waals surface area (Å²) in [6.07, 6.45) is 10.7. The molecule has 0 fully saturated rings. The minimum atomic E-state index is 0.500. The van der Waals surface area contributed by atoms with E-state index in [-0.39, 0.29) is 0 Å². The summed E-state index contributed by atoms with van der Waals surface area (Å²) >= 11 is 0. The molecule has 20 heavy (non-hydrogen) atoms. The Kier molecular flexibility index (Phi) is 3.14. The number of hydrogen-bond donors (Lipinski definition) is 1. The SMILES string of the molecule is Cc1ccn2c(/C=N/O)c(C3=CC=CC(C)C3)nc2c1. The summed E-state index contributed by atoms with van der Waals surface area (Å²) < 4.78 is 1.95. The van der Waals surface area contributed by atoms with Crippen LogP contribution in [0, 0.1) is 12.8 Å². The van der Waals surface area contributed by atoms with Gasteiger partial charge in [-0.1, -0.05) is 30.3 Å². The van der Waals surface area contributed by atoms with Crippen LogP contribution >= 0.6 is 0 Å². The molecule has 1 unspecified atom stereocenters. The van der Waals surface area contributed by atoms with Gasteiger partial charge in [0.25, 0.3) is 0 Å². The average Bonchev–Trinajstić information content (AvgIpc) is 2.77. The maximum absolute atomic E-state index is 8.92. The van der Waals surface area contributed by atoms with Crippen LogP contribution in [0.5, 0.6) is 0 Å². The molecule has 1 aliphatic rings. The topological polar surface area (TPSA) is 49.9 Å². The fourth-order valence-corrected chi connectivity index (χ4v) is 2.60. The zero-order valence-electron chi connectivity index (χ0n) is 11.6. The number of nitrogens with zero attached hydrogens (tertiary/aromatic N) is 3. The summed E-state index contributed by atoms with van der Waals surface area (Å²) in [5.74, 6) is 0.500. The molecule has 0 saturated carbocycles. The van der Waals surface area contributed by atoms with E-state index in [0.717, 1.165) is 29.0 Å². The van der Waals surface area contributed by atoms with E-state index in [1.165, 1.54) is 11.8 Å². The number of rotatable bonds is 2. The van der Waals surface area contributed by atoms with Gasteiger partial charge < -0.3 is 5.21 Å². The van der Waals surface area contributed by atoms with Crippen LogP contribution in [0.1, 0.15) is 30.3 Å². The van der Waals surface area contributed by atoms with Crippen LogP contribution in [0.25, 0.3) is 11.2 Å². The van der Waals surface area contributed by atoms with Crippen molar-refractivity contribution < 1.29 is 5.21 Å². The number of aryl methyl sites for hydroxylation is 1. The van der Waals surface area contributed by atoms with E-state index in [0.29, 0.717) is 5.92 Å². The summed E-state index contributed by atoms with van der Waals surface area (Å²) in [6, 6.07) is 4.05. The Morgan fingerprint density at radius 3 is 3.10 bits per heavy atom. The molecule has 1 N–H and O–H groups in total. The number of oxime groups is 1. The second kappa shape index (κ2) is 4.96. The standard InChI is InChI=1S/C16H17N3O/c1-11-4-3-5-13(8-11)16-14(10-17-20)19-7-6-12(2)9-15(19)18-16/h3-7,9-11,20H,8H2,1-2H3/b17-10+. The summed E-state index contributed by atoms with van der Waals surface area (Å²) in [6.45, 7) is 4.22. The maximum Gasteiger partial charge on any atom is 0.138 e. The largest absolute Gasteiger partial charge is 0.411 e. The lowest BCUT2D eigenvalue weighted by Crippen LogP contribution is -2.01. The number of aromatic nitrogens is 2.